The van der Waals surface area contributed by atoms with Crippen LogP contribution in [0.25, 0.3) is 0 Å². The number of Topliss-reactive ketones (excluding diaryl/α,β-unsaturated/α-hetero) is 2. The molecule has 27 nitrogen and oxygen atoms in total. The highest BCUT2D eigenvalue weighted by molar-refractivity contribution is 14.1. The summed E-state index contributed by atoms with van der Waals surface area (Å²) in [6.45, 7) is 10.2. The van der Waals surface area contributed by atoms with Crippen LogP contribution in [0, 0.1) is 37.1 Å². The third-order valence-corrected chi connectivity index (χ3v) is 24.2. The number of hydrogen-bond donors (Lipinski definition) is 6. The summed E-state index contributed by atoms with van der Waals surface area (Å²) in [5.41, 5.74) is -1.65. The third kappa shape index (κ3) is 37.6. The Morgan fingerprint density at radius 3 is 1.21 bits per heavy atom. The number of methoxy groups -OCH3 is 6. The van der Waals surface area contributed by atoms with E-state index in [0.29, 0.717) is 42.3 Å². The molecule has 1 aliphatic rings. The molecule has 1 fully saturated rings. The van der Waals surface area contributed by atoms with Crippen molar-refractivity contribution < 1.29 is 153 Å². The van der Waals surface area contributed by atoms with E-state index >= 15 is 0 Å². The summed E-state index contributed by atoms with van der Waals surface area (Å²) in [7, 11) is 7.80. The van der Waals surface area contributed by atoms with Crippen molar-refractivity contribution in [1.29, 1.82) is 0 Å². The smallest absolute Gasteiger partial charge is 0.494 e. The molecule has 0 saturated carbocycles. The summed E-state index contributed by atoms with van der Waals surface area (Å²) in [5.74, 6) is -1.19. The SMILES string of the molecule is CC(F)c1cc(B2OC(C)(C)C(C)(C)O2)ccc1F.CC(F)c1cc(Br)ccc1F.CC(O)c1cc(Br)ccc1F.COc1cc(C(=O)CCC(O)(c2ccc(OC)c(Br)n2)C(F)(F)F)ccc1OCC(N)=O.COc1ccc(C(C)=O)nc1Br.COc1ccc(C(O)(CN)C(F)(F)F)nc1Br.COc1ccc(C(O)(C[N+](=O)[O-])C(F)(F)F)nc1Br.COc1ccc(I)nc1Br.O=Cc1cc(Br)ccc1F. The first-order chi connectivity index (χ1) is 65.3. The Balaban J connectivity index is 0.000000420. The van der Waals surface area contributed by atoms with Gasteiger partial charge in [0, 0.05) is 60.5 Å². The number of nitro groups is 1. The van der Waals surface area contributed by atoms with Gasteiger partial charge >= 0.3 is 25.6 Å². The van der Waals surface area contributed by atoms with Crippen LogP contribution in [0.4, 0.5) is 65.9 Å². The lowest BCUT2D eigenvalue weighted by atomic mass is 9.78. The number of aliphatic hydroxyl groups excluding tert-OH is 1. The maximum absolute atomic E-state index is 13.8. The number of rotatable bonds is 25. The first-order valence-electron chi connectivity index (χ1n) is 39.7. The van der Waals surface area contributed by atoms with E-state index in [4.69, 9.17) is 59.0 Å². The van der Waals surface area contributed by atoms with Crippen LogP contribution in [0.2, 0.25) is 0 Å². The fraction of sp³-hybridized carbons (Fsp3) is 0.337. The lowest BCUT2D eigenvalue weighted by Crippen LogP contribution is -2.48. The second kappa shape index (κ2) is 56.9. The van der Waals surface area contributed by atoms with Crippen LogP contribution in [0.3, 0.4) is 0 Å². The molecule has 10 aromatic rings. The number of hydrogen-bond acceptors (Lipinski definition) is 25. The first-order valence-corrected chi connectivity index (χ1v) is 47.1. The predicted octanol–water partition coefficient (Wildman–Crippen LogP) is 22.9. The molecular weight excluding hydrogens is 2550 g/mol. The van der Waals surface area contributed by atoms with Crippen molar-refractivity contribution in [3.63, 3.8) is 0 Å². The van der Waals surface area contributed by atoms with Crippen LogP contribution in [0.5, 0.6) is 40.2 Å². The van der Waals surface area contributed by atoms with Crippen molar-refractivity contribution in [2.24, 2.45) is 11.5 Å². The number of nitrogens with zero attached hydrogens (tertiary/aromatic N) is 6. The lowest BCUT2D eigenvalue weighted by molar-refractivity contribution is -0.519. The quantitative estimate of drug-likeness (QED) is 0.00452. The van der Waals surface area contributed by atoms with Crippen LogP contribution in [0.15, 0.2) is 188 Å². The number of benzene rings is 5. The monoisotopic (exact) mass is 2630 g/mol. The number of aromatic nitrogens is 5. The fourth-order valence-electron chi connectivity index (χ4n) is 10.8. The standard InChI is InChI=1S/C20H20BrF3N2O6.C14H19BF2O2.C9H8BrF3N2O4.C9H10BrF3N2O2.C8H7BrF2.C8H8BrFO.C8H8BrNO2.C7H4BrFO.C6H5BrINO/c1-30-14-5-6-16(26-18(14)21)19(29,20(22,23)24)8-7-12(27)11-3-4-13(15(9-11)31-2)32-10-17(25)28;1-9(16)11-8-10(6-7-12(11)17)15-18-13(2,3)14(4,5)19-15;1-19-5-2-3-6(14-7(5)10)8(16,4-15(17)18)9(11,12)13;1-17-5-2-3-6(15-7(5)10)8(16,4-14)9(11,12)13;1-5(10)7-4-6(9)2-3-8(7)11;1-5(11)7-4-6(9)2-3-8(7)10;1-5(11)6-3-4-7(12-2)8(9)10-6;8-6-1-2-7(9)5(3-6)4-10;1-10-4-2-3-5(8)9-6(4)7/h3-6,9,29H,7-8,10H2,1-2H3,(H2,25,28);6-9H,1-5H3;2-3,16H,4H2,1H3;2-3,16H,4,14H2,1H3;2-5H,1H3;2-5,11H,1H3;3-4H,1-2H3;1-4H;2-3H,1H3. The molecule has 1 aliphatic heterocycles. The second-order valence-electron chi connectivity index (χ2n) is 29.6. The minimum Gasteiger partial charge on any atom is -0.494 e. The number of ketones is 2. The number of carbonyl (C=O) groups excluding carboxylic acids is 4. The maximum Gasteiger partial charge on any atom is 0.494 e. The predicted molar refractivity (Wildman–Crippen MR) is 527 cm³/mol. The summed E-state index contributed by atoms with van der Waals surface area (Å²) >= 11 is 26.8. The van der Waals surface area contributed by atoms with Gasteiger partial charge in [-0.2, -0.15) is 39.5 Å². The Morgan fingerprint density at radius 1 is 0.504 bits per heavy atom. The molecule has 1 amide bonds. The Morgan fingerprint density at radius 2 is 0.865 bits per heavy atom. The minimum atomic E-state index is -5.24. The van der Waals surface area contributed by atoms with Gasteiger partial charge in [-0.1, -0.05) is 59.9 Å². The Kier molecular flexibility index (Phi) is 51.2. The van der Waals surface area contributed by atoms with Crippen LogP contribution in [-0.4, -0.2) is 173 Å². The average molecular weight is 2640 g/mol. The zero-order valence-electron chi connectivity index (χ0n) is 76.2. The Hall–Kier alpha value is -8.37. The van der Waals surface area contributed by atoms with Crippen molar-refractivity contribution in [2.45, 2.75) is 133 Å². The van der Waals surface area contributed by atoms with Gasteiger partial charge in [-0.15, -0.1) is 0 Å². The third-order valence-electron chi connectivity index (χ3n) is 19.3. The number of amides is 1. The largest absolute Gasteiger partial charge is 0.494 e. The number of nitrogens with two attached hydrogens (primary N) is 2. The second-order valence-corrected chi connectivity index (χ2v) is 37.3. The fourth-order valence-corrected chi connectivity index (χ4v) is 15.1. The summed E-state index contributed by atoms with van der Waals surface area (Å²) in [5, 5.41) is 49.0. The normalized spacial score (nSPS) is 14.1. The molecule has 11 rings (SSSR count). The number of pyridine rings is 5. The lowest BCUT2D eigenvalue weighted by Gasteiger charge is -2.32. The highest BCUT2D eigenvalue weighted by Crippen LogP contribution is 2.46. The molecule has 1 saturated heterocycles. The Bertz CT molecular complexity index is 5820. The van der Waals surface area contributed by atoms with Gasteiger partial charge in [0.15, 0.2) is 64.7 Å². The van der Waals surface area contributed by atoms with Gasteiger partial charge in [-0.25, -0.2) is 51.3 Å². The summed E-state index contributed by atoms with van der Waals surface area (Å²) in [6, 6.07) is 34.7. The molecule has 0 aliphatic carbocycles. The van der Waals surface area contributed by atoms with Crippen molar-refractivity contribution in [1.82, 2.24) is 24.9 Å². The van der Waals surface area contributed by atoms with Crippen LogP contribution >= 0.6 is 150 Å². The number of halogens is 24. The number of aldehydes is 1. The van der Waals surface area contributed by atoms with Crippen molar-refractivity contribution in [3.8, 4) is 40.2 Å². The Labute approximate surface area is 879 Å². The zero-order chi connectivity index (χ0) is 108. The molecule has 6 unspecified atom stereocenters. The van der Waals surface area contributed by atoms with Gasteiger partial charge < -0.3 is 74.4 Å². The van der Waals surface area contributed by atoms with Gasteiger partial charge in [-0.05, 0) is 302 Å². The van der Waals surface area contributed by atoms with Gasteiger partial charge in [-0.3, -0.25) is 29.3 Å². The molecule has 141 heavy (non-hydrogen) atoms. The van der Waals surface area contributed by atoms with E-state index in [-0.39, 0.29) is 76.4 Å². The van der Waals surface area contributed by atoms with E-state index in [1.165, 1.54) is 129 Å². The molecule has 0 bridgehead atoms. The number of alkyl halides is 11. The molecule has 5 aromatic heterocycles. The summed E-state index contributed by atoms with van der Waals surface area (Å²) in [6.07, 6.45) is -19.7. The van der Waals surface area contributed by atoms with E-state index in [1.54, 1.807) is 56.7 Å². The number of primary amides is 1. The molecule has 8 N–H and O–H groups in total. The molecule has 770 valence electrons. The van der Waals surface area contributed by atoms with Crippen molar-refractivity contribution >= 4 is 186 Å². The van der Waals surface area contributed by atoms with Crippen LogP contribution in [-0.2, 0) is 30.9 Å². The van der Waals surface area contributed by atoms with Crippen LogP contribution < -0.4 is 50.1 Å². The van der Waals surface area contributed by atoms with Gasteiger partial charge in [0.25, 0.3) is 11.5 Å². The zero-order valence-corrected chi connectivity index (χ0v) is 91.0. The van der Waals surface area contributed by atoms with Gasteiger partial charge in [0.1, 0.15) is 68.0 Å². The number of aliphatic hydroxyl groups is 4. The molecule has 0 spiro atoms. The molecule has 5 aromatic carbocycles. The van der Waals surface area contributed by atoms with E-state index in [0.717, 1.165) is 42.8 Å². The summed E-state index contributed by atoms with van der Waals surface area (Å²) < 4.78 is 246. The minimum absolute atomic E-state index is 0.0252. The summed E-state index contributed by atoms with van der Waals surface area (Å²) in [4.78, 5) is 72.4. The molecular formula is C89H89BBr8F15IN8O19. The highest BCUT2D eigenvalue weighted by Gasteiger charge is 2.61. The molecule has 0 radical (unpaired) electrons. The van der Waals surface area contributed by atoms with E-state index in [2.05, 4.69) is 175 Å². The first kappa shape index (κ1) is 127. The number of ether oxygens (including phenoxy) is 7. The topological polar surface area (TPSA) is 392 Å². The molecule has 6 heterocycles. The van der Waals surface area contributed by atoms with E-state index in [1.807, 2.05) is 39.8 Å². The van der Waals surface area contributed by atoms with E-state index in [9.17, 15) is 110 Å². The van der Waals surface area contributed by atoms with Gasteiger partial charge in [0.2, 0.25) is 17.7 Å². The highest BCUT2D eigenvalue weighted by atomic mass is 127. The molecule has 52 heteroatoms. The van der Waals surface area contributed by atoms with Gasteiger partial charge in [0.05, 0.1) is 82.6 Å². The van der Waals surface area contributed by atoms with E-state index < -0.39 is 156 Å². The molecule has 6 atom stereocenters. The number of carbonyl (C=O) groups is 4. The van der Waals surface area contributed by atoms with Crippen molar-refractivity contribution in [3.05, 3.63) is 276 Å². The van der Waals surface area contributed by atoms with Crippen molar-refractivity contribution in [2.75, 3.05) is 62.4 Å². The van der Waals surface area contributed by atoms with Crippen LogP contribution in [0.1, 0.15) is 152 Å². The maximum atomic E-state index is 13.8. The average Bonchev–Trinajstić information content (AvgIpc) is 1.36.